The van der Waals surface area contributed by atoms with Gasteiger partial charge in [0, 0.05) is 12.2 Å². The van der Waals surface area contributed by atoms with Gasteiger partial charge in [-0.05, 0) is 39.8 Å². The van der Waals surface area contributed by atoms with Crippen LogP contribution in [-0.4, -0.2) is 29.0 Å². The predicted octanol–water partition coefficient (Wildman–Crippen LogP) is 2.03. The SMILES string of the molecule is CC(C)N(Cc1ccccn1)S(=O)(=O)C(C)C. The minimum Gasteiger partial charge on any atom is -0.260 e. The molecule has 0 unspecified atom stereocenters. The second-order valence-corrected chi connectivity index (χ2v) is 7.00. The van der Waals surface area contributed by atoms with Crippen molar-refractivity contribution in [3.05, 3.63) is 30.1 Å². The van der Waals surface area contributed by atoms with Gasteiger partial charge in [0.15, 0.2) is 0 Å². The van der Waals surface area contributed by atoms with Gasteiger partial charge < -0.3 is 0 Å². The quantitative estimate of drug-likeness (QED) is 0.810. The summed E-state index contributed by atoms with van der Waals surface area (Å²) in [5, 5.41) is -0.409. The Kier molecular flexibility index (Phi) is 4.65. The van der Waals surface area contributed by atoms with Gasteiger partial charge in [-0.3, -0.25) is 4.98 Å². The van der Waals surface area contributed by atoms with Crippen LogP contribution in [0.2, 0.25) is 0 Å². The zero-order valence-corrected chi connectivity index (χ0v) is 11.6. The summed E-state index contributed by atoms with van der Waals surface area (Å²) in [6, 6.07) is 5.46. The van der Waals surface area contributed by atoms with Crippen LogP contribution in [0.25, 0.3) is 0 Å². The van der Waals surface area contributed by atoms with Gasteiger partial charge in [-0.25, -0.2) is 8.42 Å². The standard InChI is InChI=1S/C12H20N2O2S/c1-10(2)14(17(15,16)11(3)4)9-12-7-5-6-8-13-12/h5-8,10-11H,9H2,1-4H3. The first-order chi connectivity index (χ1) is 7.85. The molecule has 1 rings (SSSR count). The van der Waals surface area contributed by atoms with Crippen LogP contribution in [0, 0.1) is 0 Å². The molecule has 1 aromatic heterocycles. The average molecular weight is 256 g/mol. The molecule has 0 saturated heterocycles. The van der Waals surface area contributed by atoms with Crippen LogP contribution in [0.1, 0.15) is 33.4 Å². The third-order valence-electron chi connectivity index (χ3n) is 2.54. The summed E-state index contributed by atoms with van der Waals surface area (Å²) in [7, 11) is -3.24. The molecule has 0 aliphatic rings. The molecule has 0 radical (unpaired) electrons. The van der Waals surface area contributed by atoms with Crippen molar-refractivity contribution in [2.24, 2.45) is 0 Å². The minimum absolute atomic E-state index is 0.0654. The number of sulfonamides is 1. The molecule has 0 aliphatic heterocycles. The molecule has 5 heteroatoms. The number of hydrogen-bond acceptors (Lipinski definition) is 3. The summed E-state index contributed by atoms with van der Waals surface area (Å²) in [4.78, 5) is 4.17. The van der Waals surface area contributed by atoms with Crippen molar-refractivity contribution in [3.8, 4) is 0 Å². The van der Waals surface area contributed by atoms with E-state index in [1.165, 1.54) is 4.31 Å². The minimum atomic E-state index is -3.24. The van der Waals surface area contributed by atoms with E-state index in [1.807, 2.05) is 32.0 Å². The number of aromatic nitrogens is 1. The number of hydrogen-bond donors (Lipinski definition) is 0. The Morgan fingerprint density at radius 2 is 1.88 bits per heavy atom. The molecule has 0 saturated carbocycles. The average Bonchev–Trinajstić information content (AvgIpc) is 2.26. The molecule has 0 atom stereocenters. The van der Waals surface area contributed by atoms with Crippen LogP contribution in [-0.2, 0) is 16.6 Å². The van der Waals surface area contributed by atoms with Crippen LogP contribution in [0.4, 0.5) is 0 Å². The van der Waals surface area contributed by atoms with Gasteiger partial charge in [0.2, 0.25) is 10.0 Å². The van der Waals surface area contributed by atoms with Crippen molar-refractivity contribution >= 4 is 10.0 Å². The van der Waals surface area contributed by atoms with Gasteiger partial charge in [0.25, 0.3) is 0 Å². The van der Waals surface area contributed by atoms with E-state index < -0.39 is 15.3 Å². The fraction of sp³-hybridized carbons (Fsp3) is 0.583. The summed E-state index contributed by atoms with van der Waals surface area (Å²) in [6.45, 7) is 7.48. The molecule has 4 nitrogen and oxygen atoms in total. The molecule has 1 heterocycles. The van der Waals surface area contributed by atoms with Gasteiger partial charge in [0.05, 0.1) is 17.5 Å². The maximum atomic E-state index is 12.2. The Morgan fingerprint density at radius 3 is 2.29 bits per heavy atom. The molecule has 1 aromatic rings. The summed E-state index contributed by atoms with van der Waals surface area (Å²) < 4.78 is 25.8. The smallest absolute Gasteiger partial charge is 0.217 e. The topological polar surface area (TPSA) is 50.3 Å². The van der Waals surface area contributed by atoms with Crippen LogP contribution < -0.4 is 0 Å². The highest BCUT2D eigenvalue weighted by molar-refractivity contribution is 7.89. The van der Waals surface area contributed by atoms with Crippen molar-refractivity contribution in [1.82, 2.24) is 9.29 Å². The molecular formula is C12H20N2O2S. The van der Waals surface area contributed by atoms with Crippen molar-refractivity contribution < 1.29 is 8.42 Å². The van der Waals surface area contributed by atoms with Gasteiger partial charge in [-0.15, -0.1) is 0 Å². The number of rotatable bonds is 5. The summed E-state index contributed by atoms with van der Waals surface area (Å²) in [5.74, 6) is 0. The number of nitrogens with zero attached hydrogens (tertiary/aromatic N) is 2. The van der Waals surface area contributed by atoms with Crippen LogP contribution >= 0.6 is 0 Å². The lowest BCUT2D eigenvalue weighted by Crippen LogP contribution is -2.40. The van der Waals surface area contributed by atoms with Crippen LogP contribution in [0.3, 0.4) is 0 Å². The molecule has 0 aromatic carbocycles. The van der Waals surface area contributed by atoms with Crippen molar-refractivity contribution in [2.45, 2.75) is 45.5 Å². The Labute approximate surface area is 104 Å². The van der Waals surface area contributed by atoms with E-state index in [4.69, 9.17) is 0 Å². The Morgan fingerprint density at radius 1 is 1.24 bits per heavy atom. The maximum Gasteiger partial charge on any atom is 0.217 e. The van der Waals surface area contributed by atoms with Gasteiger partial charge >= 0.3 is 0 Å². The molecule has 0 N–H and O–H groups in total. The van der Waals surface area contributed by atoms with E-state index >= 15 is 0 Å². The highest BCUT2D eigenvalue weighted by Crippen LogP contribution is 2.15. The summed E-state index contributed by atoms with van der Waals surface area (Å²) in [5.41, 5.74) is 0.769. The first-order valence-corrected chi connectivity index (χ1v) is 7.26. The van der Waals surface area contributed by atoms with Crippen molar-refractivity contribution in [3.63, 3.8) is 0 Å². The zero-order valence-electron chi connectivity index (χ0n) is 10.8. The lowest BCUT2D eigenvalue weighted by atomic mass is 10.3. The zero-order chi connectivity index (χ0) is 13.1. The van der Waals surface area contributed by atoms with Gasteiger partial charge in [-0.2, -0.15) is 4.31 Å². The second-order valence-electron chi connectivity index (χ2n) is 4.55. The van der Waals surface area contributed by atoms with Crippen molar-refractivity contribution in [2.75, 3.05) is 0 Å². The molecule has 0 bridgehead atoms. The lowest BCUT2D eigenvalue weighted by Gasteiger charge is -2.27. The van der Waals surface area contributed by atoms with E-state index in [2.05, 4.69) is 4.98 Å². The monoisotopic (exact) mass is 256 g/mol. The molecule has 0 amide bonds. The molecule has 0 aliphatic carbocycles. The summed E-state index contributed by atoms with van der Waals surface area (Å²) >= 11 is 0. The molecular weight excluding hydrogens is 236 g/mol. The summed E-state index contributed by atoms with van der Waals surface area (Å²) in [6.07, 6.45) is 1.68. The van der Waals surface area contributed by atoms with Gasteiger partial charge in [0.1, 0.15) is 0 Å². The van der Waals surface area contributed by atoms with Crippen molar-refractivity contribution in [1.29, 1.82) is 0 Å². The largest absolute Gasteiger partial charge is 0.260 e. The fourth-order valence-corrected chi connectivity index (χ4v) is 2.93. The van der Waals surface area contributed by atoms with E-state index in [9.17, 15) is 8.42 Å². The Balaban J connectivity index is 2.97. The third kappa shape index (κ3) is 3.51. The molecule has 0 fully saturated rings. The highest BCUT2D eigenvalue weighted by Gasteiger charge is 2.28. The second kappa shape index (κ2) is 5.60. The normalized spacial score (nSPS) is 12.6. The van der Waals surface area contributed by atoms with Gasteiger partial charge in [-0.1, -0.05) is 6.07 Å². The number of pyridine rings is 1. The Hall–Kier alpha value is -0.940. The first-order valence-electron chi connectivity index (χ1n) is 5.76. The van der Waals surface area contributed by atoms with E-state index in [1.54, 1.807) is 20.0 Å². The predicted molar refractivity (Wildman–Crippen MR) is 69.0 cm³/mol. The lowest BCUT2D eigenvalue weighted by molar-refractivity contribution is 0.341. The fourth-order valence-electron chi connectivity index (χ4n) is 1.49. The van der Waals surface area contributed by atoms with E-state index in [0.29, 0.717) is 6.54 Å². The maximum absolute atomic E-state index is 12.2. The van der Waals surface area contributed by atoms with E-state index in [0.717, 1.165) is 5.69 Å². The third-order valence-corrected chi connectivity index (χ3v) is 4.94. The molecule has 96 valence electrons. The van der Waals surface area contributed by atoms with Crippen LogP contribution in [0.5, 0.6) is 0 Å². The van der Waals surface area contributed by atoms with E-state index in [-0.39, 0.29) is 6.04 Å². The van der Waals surface area contributed by atoms with Crippen LogP contribution in [0.15, 0.2) is 24.4 Å². The first kappa shape index (κ1) is 14.1. The molecule has 0 spiro atoms. The highest BCUT2D eigenvalue weighted by atomic mass is 32.2. The molecule has 17 heavy (non-hydrogen) atoms. The Bertz CT molecular complexity index is 441.